The van der Waals surface area contributed by atoms with E-state index >= 15 is 0 Å². The molecular formula is C17H34IN3O. The average molecular weight is 423 g/mol. The molecule has 0 amide bonds. The molecule has 0 aromatic heterocycles. The zero-order chi connectivity index (χ0) is 15.1. The summed E-state index contributed by atoms with van der Waals surface area (Å²) >= 11 is 0. The van der Waals surface area contributed by atoms with Gasteiger partial charge in [0.15, 0.2) is 5.96 Å². The zero-order valence-electron chi connectivity index (χ0n) is 14.5. The van der Waals surface area contributed by atoms with Crippen LogP contribution in [-0.4, -0.2) is 51.3 Å². The van der Waals surface area contributed by atoms with Gasteiger partial charge in [-0.2, -0.15) is 0 Å². The van der Waals surface area contributed by atoms with E-state index in [4.69, 9.17) is 4.74 Å². The van der Waals surface area contributed by atoms with Gasteiger partial charge in [-0.3, -0.25) is 4.99 Å². The maximum Gasteiger partial charge on any atom is 0.193 e. The van der Waals surface area contributed by atoms with Gasteiger partial charge in [-0.25, -0.2) is 0 Å². The maximum atomic E-state index is 5.45. The highest BCUT2D eigenvalue weighted by molar-refractivity contribution is 14.0. The van der Waals surface area contributed by atoms with Crippen molar-refractivity contribution in [2.75, 3.05) is 40.4 Å². The van der Waals surface area contributed by atoms with E-state index in [9.17, 15) is 0 Å². The molecule has 0 aromatic rings. The van der Waals surface area contributed by atoms with Crippen LogP contribution in [0.2, 0.25) is 0 Å². The van der Waals surface area contributed by atoms with Gasteiger partial charge in [0.1, 0.15) is 0 Å². The Morgan fingerprint density at radius 1 is 1.27 bits per heavy atom. The summed E-state index contributed by atoms with van der Waals surface area (Å²) in [5, 5.41) is 3.54. The van der Waals surface area contributed by atoms with Crippen molar-refractivity contribution in [2.24, 2.45) is 22.7 Å². The number of halogens is 1. The summed E-state index contributed by atoms with van der Waals surface area (Å²) in [5.41, 5.74) is 0. The number of rotatable bonds is 5. The standard InChI is InChI=1S/C17H33N3O.HI/c1-14-5-4-6-15(11-14)7-9-19-17(18-2)20(3)12-16-8-10-21-13-16;/h14-16H,4-13H2,1-3H3,(H,18,19);1H. The van der Waals surface area contributed by atoms with Crippen molar-refractivity contribution in [1.29, 1.82) is 0 Å². The van der Waals surface area contributed by atoms with Crippen molar-refractivity contribution in [3.05, 3.63) is 0 Å². The van der Waals surface area contributed by atoms with E-state index in [-0.39, 0.29) is 24.0 Å². The topological polar surface area (TPSA) is 36.9 Å². The SMILES string of the molecule is CN=C(NCCC1CCCC(C)C1)N(C)CC1CCOC1.I. The fraction of sp³-hybridized carbons (Fsp3) is 0.941. The Kier molecular flexibility index (Phi) is 9.71. The predicted octanol–water partition coefficient (Wildman–Crippen LogP) is 3.36. The van der Waals surface area contributed by atoms with E-state index in [1.165, 1.54) is 38.5 Å². The van der Waals surface area contributed by atoms with Crippen LogP contribution in [0.25, 0.3) is 0 Å². The molecule has 3 atom stereocenters. The molecule has 130 valence electrons. The maximum absolute atomic E-state index is 5.45. The lowest BCUT2D eigenvalue weighted by atomic mass is 9.81. The minimum Gasteiger partial charge on any atom is -0.381 e. The van der Waals surface area contributed by atoms with Gasteiger partial charge in [0, 0.05) is 39.7 Å². The van der Waals surface area contributed by atoms with Crippen LogP contribution in [0.5, 0.6) is 0 Å². The summed E-state index contributed by atoms with van der Waals surface area (Å²) < 4.78 is 5.45. The minimum atomic E-state index is 0. The van der Waals surface area contributed by atoms with E-state index in [1.807, 2.05) is 7.05 Å². The molecule has 2 aliphatic rings. The molecule has 1 aliphatic carbocycles. The molecule has 0 bridgehead atoms. The smallest absolute Gasteiger partial charge is 0.193 e. The predicted molar refractivity (Wildman–Crippen MR) is 104 cm³/mol. The zero-order valence-corrected chi connectivity index (χ0v) is 16.8. The number of aliphatic imine (C=N–C) groups is 1. The number of hydrogen-bond donors (Lipinski definition) is 1. The fourth-order valence-electron chi connectivity index (χ4n) is 3.80. The normalized spacial score (nSPS) is 29.0. The van der Waals surface area contributed by atoms with Crippen LogP contribution in [0, 0.1) is 17.8 Å². The van der Waals surface area contributed by atoms with E-state index in [1.54, 1.807) is 0 Å². The minimum absolute atomic E-state index is 0. The van der Waals surface area contributed by atoms with Crippen molar-refractivity contribution < 1.29 is 4.74 Å². The molecule has 0 aromatic carbocycles. The van der Waals surface area contributed by atoms with Gasteiger partial charge >= 0.3 is 0 Å². The van der Waals surface area contributed by atoms with Crippen LogP contribution in [0.1, 0.15) is 45.4 Å². The Balaban J connectivity index is 0.00000242. The second-order valence-electron chi connectivity index (χ2n) is 7.01. The Labute approximate surface area is 153 Å². The third-order valence-corrected chi connectivity index (χ3v) is 5.01. The molecule has 1 N–H and O–H groups in total. The molecule has 1 saturated carbocycles. The van der Waals surface area contributed by atoms with Crippen LogP contribution in [0.15, 0.2) is 4.99 Å². The highest BCUT2D eigenvalue weighted by Crippen LogP contribution is 2.30. The van der Waals surface area contributed by atoms with Crippen LogP contribution >= 0.6 is 24.0 Å². The van der Waals surface area contributed by atoms with E-state index in [0.29, 0.717) is 5.92 Å². The highest BCUT2D eigenvalue weighted by Gasteiger charge is 2.20. The van der Waals surface area contributed by atoms with Crippen LogP contribution in [-0.2, 0) is 4.74 Å². The lowest BCUT2D eigenvalue weighted by Gasteiger charge is -2.28. The molecule has 3 unspecified atom stereocenters. The van der Waals surface area contributed by atoms with E-state index in [0.717, 1.165) is 44.1 Å². The third-order valence-electron chi connectivity index (χ3n) is 5.01. The summed E-state index contributed by atoms with van der Waals surface area (Å²) in [4.78, 5) is 6.67. The quantitative estimate of drug-likeness (QED) is 0.419. The summed E-state index contributed by atoms with van der Waals surface area (Å²) in [5.74, 6) is 3.53. The Morgan fingerprint density at radius 3 is 2.73 bits per heavy atom. The van der Waals surface area contributed by atoms with Gasteiger partial charge in [-0.1, -0.05) is 26.2 Å². The summed E-state index contributed by atoms with van der Waals surface area (Å²) in [7, 11) is 4.02. The first-order chi connectivity index (χ1) is 10.2. The first-order valence-corrected chi connectivity index (χ1v) is 8.68. The Morgan fingerprint density at radius 2 is 2.09 bits per heavy atom. The second-order valence-corrected chi connectivity index (χ2v) is 7.01. The molecular weight excluding hydrogens is 389 g/mol. The number of guanidine groups is 1. The Hall–Kier alpha value is -0.0400. The molecule has 22 heavy (non-hydrogen) atoms. The summed E-state index contributed by atoms with van der Waals surface area (Å²) in [6.45, 7) is 6.32. The van der Waals surface area contributed by atoms with Gasteiger partial charge in [0.05, 0.1) is 6.61 Å². The van der Waals surface area contributed by atoms with Crippen molar-refractivity contribution in [3.8, 4) is 0 Å². The first kappa shape index (κ1) is 20.0. The van der Waals surface area contributed by atoms with Crippen LogP contribution in [0.3, 0.4) is 0 Å². The average Bonchev–Trinajstić information content (AvgIpc) is 2.96. The lowest BCUT2D eigenvalue weighted by molar-refractivity contribution is 0.181. The van der Waals surface area contributed by atoms with Crippen molar-refractivity contribution in [3.63, 3.8) is 0 Å². The number of nitrogens with zero attached hydrogens (tertiary/aromatic N) is 2. The molecule has 0 spiro atoms. The van der Waals surface area contributed by atoms with Crippen LogP contribution in [0.4, 0.5) is 0 Å². The number of ether oxygens (including phenoxy) is 1. The van der Waals surface area contributed by atoms with Gasteiger partial charge in [-0.05, 0) is 31.1 Å². The van der Waals surface area contributed by atoms with Crippen molar-refractivity contribution >= 4 is 29.9 Å². The van der Waals surface area contributed by atoms with Crippen molar-refractivity contribution in [2.45, 2.75) is 45.4 Å². The van der Waals surface area contributed by atoms with E-state index < -0.39 is 0 Å². The fourth-order valence-corrected chi connectivity index (χ4v) is 3.80. The molecule has 2 fully saturated rings. The summed E-state index contributed by atoms with van der Waals surface area (Å²) in [6.07, 6.45) is 8.14. The molecule has 4 nitrogen and oxygen atoms in total. The van der Waals surface area contributed by atoms with Crippen LogP contribution < -0.4 is 5.32 Å². The number of nitrogens with one attached hydrogen (secondary N) is 1. The van der Waals surface area contributed by atoms with Gasteiger partial charge < -0.3 is 15.0 Å². The van der Waals surface area contributed by atoms with Gasteiger partial charge in [-0.15, -0.1) is 24.0 Å². The number of hydrogen-bond acceptors (Lipinski definition) is 2. The van der Waals surface area contributed by atoms with Crippen molar-refractivity contribution in [1.82, 2.24) is 10.2 Å². The first-order valence-electron chi connectivity index (χ1n) is 8.68. The van der Waals surface area contributed by atoms with E-state index in [2.05, 4.69) is 29.2 Å². The molecule has 5 heteroatoms. The lowest BCUT2D eigenvalue weighted by Crippen LogP contribution is -2.42. The molecule has 2 rings (SSSR count). The monoisotopic (exact) mass is 423 g/mol. The molecule has 1 aliphatic heterocycles. The largest absolute Gasteiger partial charge is 0.381 e. The molecule has 1 saturated heterocycles. The third kappa shape index (κ3) is 6.60. The van der Waals surface area contributed by atoms with Gasteiger partial charge in [0.25, 0.3) is 0 Å². The Bertz CT molecular complexity index is 332. The summed E-state index contributed by atoms with van der Waals surface area (Å²) in [6, 6.07) is 0. The second kappa shape index (κ2) is 10.7. The molecule has 1 heterocycles. The van der Waals surface area contributed by atoms with Gasteiger partial charge in [0.2, 0.25) is 0 Å². The highest BCUT2D eigenvalue weighted by atomic mass is 127. The molecule has 0 radical (unpaired) electrons.